The third-order valence-corrected chi connectivity index (χ3v) is 2.06. The van der Waals surface area contributed by atoms with Gasteiger partial charge in [-0.25, -0.2) is 0 Å². The quantitative estimate of drug-likeness (QED) is 0.503. The minimum Gasteiger partial charge on any atom is -0.423 e. The van der Waals surface area contributed by atoms with Crippen molar-refractivity contribution in [3.63, 3.8) is 0 Å². The van der Waals surface area contributed by atoms with E-state index in [4.69, 9.17) is 0 Å². The van der Waals surface area contributed by atoms with Gasteiger partial charge in [-0.3, -0.25) is 9.59 Å². The molecule has 0 unspecified atom stereocenters. The van der Waals surface area contributed by atoms with Crippen molar-refractivity contribution in [3.8, 4) is 0 Å². The summed E-state index contributed by atoms with van der Waals surface area (Å²) >= 11 is 1.71. The number of carbonyl (C=O) groups is 2. The average Bonchev–Trinajstić information content (AvgIpc) is 2.53. The number of carbonyl (C=O) groups excluding carboxylic acids is 2. The van der Waals surface area contributed by atoms with E-state index in [0.717, 1.165) is 0 Å². The molecule has 1 saturated heterocycles. The predicted octanol–water partition coefficient (Wildman–Crippen LogP) is 1.96. The lowest BCUT2D eigenvalue weighted by Crippen LogP contribution is -2.39. The first kappa shape index (κ1) is 11.7. The zero-order chi connectivity index (χ0) is 11.3. The van der Waals surface area contributed by atoms with Crippen molar-refractivity contribution >= 4 is 23.3 Å². The van der Waals surface area contributed by atoms with E-state index in [-0.39, 0.29) is 6.42 Å². The van der Waals surface area contributed by atoms with Gasteiger partial charge in [0, 0.05) is 13.8 Å². The van der Waals surface area contributed by atoms with Crippen molar-refractivity contribution in [3.05, 3.63) is 22.9 Å². The van der Waals surface area contributed by atoms with Gasteiger partial charge in [0.1, 0.15) is 6.42 Å². The first-order valence-electron chi connectivity index (χ1n) is 4.40. The Labute approximate surface area is 91.8 Å². The number of thiophene rings is 1. The van der Waals surface area contributed by atoms with Gasteiger partial charge in [-0.15, -0.1) is 0 Å². The predicted molar refractivity (Wildman–Crippen MR) is 55.2 cm³/mol. The van der Waals surface area contributed by atoms with Gasteiger partial charge in [0.2, 0.25) is 0 Å². The van der Waals surface area contributed by atoms with Gasteiger partial charge in [-0.1, -0.05) is 12.1 Å². The van der Waals surface area contributed by atoms with E-state index in [0.29, 0.717) is 0 Å². The van der Waals surface area contributed by atoms with Gasteiger partial charge < -0.3 is 9.47 Å². The summed E-state index contributed by atoms with van der Waals surface area (Å²) in [6.45, 7) is 3.03. The van der Waals surface area contributed by atoms with Crippen LogP contribution in [0.4, 0.5) is 0 Å². The van der Waals surface area contributed by atoms with Crippen molar-refractivity contribution in [2.75, 3.05) is 0 Å². The second-order valence-corrected chi connectivity index (χ2v) is 4.13. The number of cyclic esters (lactones) is 2. The summed E-state index contributed by atoms with van der Waals surface area (Å²) in [6, 6.07) is 4.04. The Morgan fingerprint density at radius 2 is 1.60 bits per heavy atom. The van der Waals surface area contributed by atoms with Gasteiger partial charge in [0.05, 0.1) is 0 Å². The first-order valence-corrected chi connectivity index (χ1v) is 5.35. The third-order valence-electron chi connectivity index (χ3n) is 1.43. The normalized spacial score (nSPS) is 18.3. The number of hydrogen-bond acceptors (Lipinski definition) is 5. The summed E-state index contributed by atoms with van der Waals surface area (Å²) in [5.41, 5.74) is 0. The molecular formula is C10H12O4S. The number of rotatable bonds is 0. The summed E-state index contributed by atoms with van der Waals surface area (Å²) in [4.78, 5) is 21.1. The summed E-state index contributed by atoms with van der Waals surface area (Å²) in [5, 5.41) is 4.08. The highest BCUT2D eigenvalue weighted by molar-refractivity contribution is 7.07. The molecule has 0 aromatic carbocycles. The van der Waals surface area contributed by atoms with Crippen molar-refractivity contribution in [2.24, 2.45) is 0 Å². The highest BCUT2D eigenvalue weighted by atomic mass is 32.1. The molecule has 4 nitrogen and oxygen atoms in total. The van der Waals surface area contributed by atoms with Crippen LogP contribution in [0.3, 0.4) is 0 Å². The lowest BCUT2D eigenvalue weighted by molar-refractivity contribution is -0.231. The van der Waals surface area contributed by atoms with E-state index in [1.807, 2.05) is 22.9 Å². The molecule has 0 bridgehead atoms. The molecule has 1 aromatic heterocycles. The molecule has 5 heteroatoms. The van der Waals surface area contributed by atoms with E-state index in [1.165, 1.54) is 13.8 Å². The van der Waals surface area contributed by atoms with Crippen LogP contribution >= 0.6 is 11.3 Å². The molecule has 82 valence electrons. The lowest BCUT2D eigenvalue weighted by Gasteiger charge is -2.28. The summed E-state index contributed by atoms with van der Waals surface area (Å²) in [7, 11) is 0. The Morgan fingerprint density at radius 1 is 1.13 bits per heavy atom. The fourth-order valence-electron chi connectivity index (χ4n) is 0.986. The number of esters is 2. The Bertz CT molecular complexity index is 294. The zero-order valence-corrected chi connectivity index (χ0v) is 9.37. The van der Waals surface area contributed by atoms with Crippen molar-refractivity contribution < 1.29 is 19.1 Å². The fourth-order valence-corrected chi connectivity index (χ4v) is 1.44. The van der Waals surface area contributed by atoms with Gasteiger partial charge in [-0.05, 0) is 10.8 Å². The first-order chi connectivity index (χ1) is 6.99. The van der Waals surface area contributed by atoms with Crippen LogP contribution in [0.25, 0.3) is 0 Å². The summed E-state index contributed by atoms with van der Waals surface area (Å²) in [6.07, 6.45) is -0.274. The molecule has 2 heterocycles. The monoisotopic (exact) mass is 228 g/mol. The Morgan fingerprint density at radius 3 is 1.87 bits per heavy atom. The molecule has 1 aliphatic rings. The lowest BCUT2D eigenvalue weighted by atomic mass is 10.3. The van der Waals surface area contributed by atoms with Crippen molar-refractivity contribution in [2.45, 2.75) is 26.1 Å². The molecule has 0 aliphatic carbocycles. The second-order valence-electron chi connectivity index (χ2n) is 3.32. The van der Waals surface area contributed by atoms with Crippen molar-refractivity contribution in [1.82, 2.24) is 0 Å². The molecule has 2 rings (SSSR count). The van der Waals surface area contributed by atoms with Crippen LogP contribution in [-0.2, 0) is 19.1 Å². The molecule has 1 aliphatic heterocycles. The molecule has 15 heavy (non-hydrogen) atoms. The van der Waals surface area contributed by atoms with E-state index >= 15 is 0 Å². The molecule has 0 atom stereocenters. The standard InChI is InChI=1S/C6H8O4.C4H4S/c1-6(2)9-4(7)3-5(8)10-6;1-2-4-5-3-1/h3H2,1-2H3;1-4H. The Hall–Kier alpha value is -1.36. The smallest absolute Gasteiger partial charge is 0.320 e. The average molecular weight is 228 g/mol. The SMILES string of the molecule is CC1(C)OC(=O)CC(=O)O1.c1ccsc1. The Kier molecular flexibility index (Phi) is 3.85. The van der Waals surface area contributed by atoms with Crippen LogP contribution < -0.4 is 0 Å². The highest BCUT2D eigenvalue weighted by Gasteiger charge is 2.34. The minimum absolute atomic E-state index is 0.274. The van der Waals surface area contributed by atoms with Crippen LogP contribution in [0.5, 0.6) is 0 Å². The second kappa shape index (κ2) is 4.93. The molecule has 0 N–H and O–H groups in total. The molecule has 1 aromatic rings. The third kappa shape index (κ3) is 4.60. The van der Waals surface area contributed by atoms with Crippen LogP contribution in [0.1, 0.15) is 20.3 Å². The van der Waals surface area contributed by atoms with Crippen molar-refractivity contribution in [1.29, 1.82) is 0 Å². The summed E-state index contributed by atoms with van der Waals surface area (Å²) < 4.78 is 9.32. The Balaban J connectivity index is 0.000000187. The largest absolute Gasteiger partial charge is 0.423 e. The minimum atomic E-state index is -1.08. The number of hydrogen-bond donors (Lipinski definition) is 0. The van der Waals surface area contributed by atoms with Gasteiger partial charge in [0.25, 0.3) is 5.79 Å². The molecular weight excluding hydrogens is 216 g/mol. The van der Waals surface area contributed by atoms with E-state index < -0.39 is 17.7 Å². The van der Waals surface area contributed by atoms with Gasteiger partial charge >= 0.3 is 11.9 Å². The molecule has 0 spiro atoms. The van der Waals surface area contributed by atoms with Crippen LogP contribution in [0.2, 0.25) is 0 Å². The zero-order valence-electron chi connectivity index (χ0n) is 8.56. The fraction of sp³-hybridized carbons (Fsp3) is 0.400. The van der Waals surface area contributed by atoms with Crippen LogP contribution in [0.15, 0.2) is 22.9 Å². The van der Waals surface area contributed by atoms with E-state index in [9.17, 15) is 9.59 Å². The number of ether oxygens (including phenoxy) is 2. The molecule has 0 radical (unpaired) electrons. The van der Waals surface area contributed by atoms with Gasteiger partial charge in [-0.2, -0.15) is 11.3 Å². The highest BCUT2D eigenvalue weighted by Crippen LogP contribution is 2.18. The van der Waals surface area contributed by atoms with E-state index in [2.05, 4.69) is 9.47 Å². The van der Waals surface area contributed by atoms with Crippen LogP contribution in [-0.4, -0.2) is 17.7 Å². The maximum atomic E-state index is 10.6. The maximum Gasteiger partial charge on any atom is 0.320 e. The molecule has 1 fully saturated rings. The topological polar surface area (TPSA) is 52.6 Å². The van der Waals surface area contributed by atoms with E-state index in [1.54, 1.807) is 11.3 Å². The molecule has 0 amide bonds. The maximum absolute atomic E-state index is 10.6. The van der Waals surface area contributed by atoms with Crippen LogP contribution in [0, 0.1) is 0 Å². The molecule has 0 saturated carbocycles. The summed E-state index contributed by atoms with van der Waals surface area (Å²) in [5.74, 6) is -2.13. The van der Waals surface area contributed by atoms with Gasteiger partial charge in [0.15, 0.2) is 0 Å².